The van der Waals surface area contributed by atoms with E-state index in [1.807, 2.05) is 23.7 Å². The minimum atomic E-state index is -0.454. The highest BCUT2D eigenvalue weighted by Gasteiger charge is 2.55. The molecule has 5 heteroatoms. The molecule has 2 aromatic rings. The molecule has 3 rings (SSSR count). The largest absolute Gasteiger partial charge is 0.468 e. The van der Waals surface area contributed by atoms with Gasteiger partial charge < -0.3 is 9.72 Å². The molecule has 0 atom stereocenters. The van der Waals surface area contributed by atoms with Gasteiger partial charge in [0, 0.05) is 11.6 Å². The monoisotopic (exact) mass is 248 g/mol. The highest BCUT2D eigenvalue weighted by molar-refractivity contribution is 7.10. The van der Waals surface area contributed by atoms with Gasteiger partial charge in [-0.05, 0) is 25.0 Å². The van der Waals surface area contributed by atoms with Crippen molar-refractivity contribution in [2.75, 3.05) is 7.11 Å². The maximum absolute atomic E-state index is 11.7. The van der Waals surface area contributed by atoms with Crippen molar-refractivity contribution < 1.29 is 9.53 Å². The molecule has 0 aromatic carbocycles. The molecule has 0 saturated heterocycles. The number of rotatable bonds is 3. The van der Waals surface area contributed by atoms with Crippen molar-refractivity contribution >= 4 is 17.3 Å². The molecule has 0 spiro atoms. The van der Waals surface area contributed by atoms with Gasteiger partial charge in [-0.15, -0.1) is 11.3 Å². The van der Waals surface area contributed by atoms with Gasteiger partial charge in [-0.1, -0.05) is 0 Å². The molecule has 1 aliphatic rings. The Hall–Kier alpha value is -1.62. The van der Waals surface area contributed by atoms with Gasteiger partial charge in [-0.3, -0.25) is 4.79 Å². The van der Waals surface area contributed by atoms with Crippen molar-refractivity contribution in [2.45, 2.75) is 18.3 Å². The minimum absolute atomic E-state index is 0.162. The lowest BCUT2D eigenvalue weighted by molar-refractivity contribution is -0.143. The summed E-state index contributed by atoms with van der Waals surface area (Å²) < 4.78 is 4.85. The zero-order valence-electron chi connectivity index (χ0n) is 9.40. The third kappa shape index (κ3) is 1.58. The summed E-state index contributed by atoms with van der Waals surface area (Å²) in [6.07, 6.45) is 3.55. The number of methoxy groups -OCH3 is 1. The highest BCUT2D eigenvalue weighted by atomic mass is 32.1. The molecule has 0 radical (unpaired) electrons. The molecule has 1 fully saturated rings. The number of carbonyl (C=O) groups excluding carboxylic acids is 1. The van der Waals surface area contributed by atoms with Crippen LogP contribution in [0.5, 0.6) is 0 Å². The van der Waals surface area contributed by atoms with E-state index in [-0.39, 0.29) is 5.97 Å². The van der Waals surface area contributed by atoms with Gasteiger partial charge in [0.15, 0.2) is 0 Å². The summed E-state index contributed by atoms with van der Waals surface area (Å²) >= 11 is 1.53. The van der Waals surface area contributed by atoms with E-state index in [1.54, 1.807) is 0 Å². The zero-order valence-corrected chi connectivity index (χ0v) is 10.2. The summed E-state index contributed by atoms with van der Waals surface area (Å²) in [5, 5.41) is 2.85. The lowest BCUT2D eigenvalue weighted by Gasteiger charge is -2.08. The molecule has 2 heterocycles. The number of nitrogens with zero attached hydrogens (tertiary/aromatic N) is 1. The highest BCUT2D eigenvalue weighted by Crippen LogP contribution is 2.50. The molecule has 0 unspecified atom stereocenters. The minimum Gasteiger partial charge on any atom is -0.468 e. The molecule has 4 nitrogen and oxygen atoms in total. The molecule has 88 valence electrons. The third-order valence-electron chi connectivity index (χ3n) is 3.11. The number of carbonyl (C=O) groups is 1. The van der Waals surface area contributed by atoms with E-state index >= 15 is 0 Å². The van der Waals surface area contributed by atoms with Crippen LogP contribution in [0.15, 0.2) is 23.7 Å². The topological polar surface area (TPSA) is 55.0 Å². The number of esters is 1. The molecule has 1 N–H and O–H groups in total. The predicted molar refractivity (Wildman–Crippen MR) is 64.8 cm³/mol. The Labute approximate surface area is 103 Å². The van der Waals surface area contributed by atoms with E-state index in [2.05, 4.69) is 9.97 Å². The summed E-state index contributed by atoms with van der Waals surface area (Å²) in [7, 11) is 1.43. The Morgan fingerprint density at radius 1 is 1.59 bits per heavy atom. The van der Waals surface area contributed by atoms with Crippen LogP contribution in [0.4, 0.5) is 0 Å². The molecule has 0 amide bonds. The normalized spacial score (nSPS) is 16.8. The number of aromatic nitrogens is 2. The standard InChI is InChI=1S/C12H12N2O2S/c1-16-11(15)12(4-5-12)10-14-9(7-17-10)8-3-2-6-13-8/h2-3,6-7,13H,4-5H2,1H3. The van der Waals surface area contributed by atoms with Crippen LogP contribution in [0.1, 0.15) is 17.8 Å². The van der Waals surface area contributed by atoms with Gasteiger partial charge in [-0.25, -0.2) is 4.98 Å². The number of hydrogen-bond acceptors (Lipinski definition) is 4. The van der Waals surface area contributed by atoms with Crippen LogP contribution in [0, 0.1) is 0 Å². The number of ether oxygens (including phenoxy) is 1. The van der Waals surface area contributed by atoms with Gasteiger partial charge in [0.25, 0.3) is 0 Å². The van der Waals surface area contributed by atoms with Gasteiger partial charge in [0.2, 0.25) is 0 Å². The van der Waals surface area contributed by atoms with Crippen molar-refractivity contribution in [3.05, 3.63) is 28.7 Å². The van der Waals surface area contributed by atoms with Gasteiger partial charge in [0.05, 0.1) is 18.5 Å². The van der Waals surface area contributed by atoms with Gasteiger partial charge in [0.1, 0.15) is 10.4 Å². The van der Waals surface area contributed by atoms with Crippen molar-refractivity contribution in [1.29, 1.82) is 0 Å². The van der Waals surface area contributed by atoms with E-state index in [0.29, 0.717) is 0 Å². The smallest absolute Gasteiger partial charge is 0.318 e. The first-order valence-electron chi connectivity index (χ1n) is 5.44. The summed E-state index contributed by atoms with van der Waals surface area (Å²) in [5.41, 5.74) is 1.42. The second kappa shape index (κ2) is 3.70. The van der Waals surface area contributed by atoms with E-state index in [1.165, 1.54) is 18.4 Å². The van der Waals surface area contributed by atoms with E-state index in [0.717, 1.165) is 29.2 Å². The lowest BCUT2D eigenvalue weighted by Crippen LogP contribution is -2.21. The predicted octanol–water partition coefficient (Wildman–Crippen LogP) is 2.34. The average Bonchev–Trinajstić information content (AvgIpc) is 2.84. The van der Waals surface area contributed by atoms with Crippen molar-refractivity contribution in [3.63, 3.8) is 0 Å². The average molecular weight is 248 g/mol. The third-order valence-corrected chi connectivity index (χ3v) is 4.16. The van der Waals surface area contributed by atoms with Crippen LogP contribution in [-0.4, -0.2) is 23.0 Å². The Balaban J connectivity index is 1.94. The molecule has 17 heavy (non-hydrogen) atoms. The zero-order chi connectivity index (χ0) is 11.9. The second-order valence-corrected chi connectivity index (χ2v) is 5.05. The van der Waals surface area contributed by atoms with Crippen LogP contribution in [0.3, 0.4) is 0 Å². The fourth-order valence-electron chi connectivity index (χ4n) is 1.93. The summed E-state index contributed by atoms with van der Waals surface area (Å²) in [5.74, 6) is -0.162. The Morgan fingerprint density at radius 3 is 3.00 bits per heavy atom. The first-order chi connectivity index (χ1) is 8.26. The molecular weight excluding hydrogens is 236 g/mol. The summed E-state index contributed by atoms with van der Waals surface area (Å²) in [4.78, 5) is 19.4. The van der Waals surface area contributed by atoms with E-state index in [4.69, 9.17) is 4.74 Å². The number of thiazole rings is 1. The molecule has 1 saturated carbocycles. The van der Waals surface area contributed by atoms with E-state index < -0.39 is 5.41 Å². The molecular formula is C12H12N2O2S. The summed E-state index contributed by atoms with van der Waals surface area (Å²) in [6.45, 7) is 0. The maximum Gasteiger partial charge on any atom is 0.318 e. The van der Waals surface area contributed by atoms with Crippen LogP contribution in [-0.2, 0) is 14.9 Å². The van der Waals surface area contributed by atoms with Crippen LogP contribution < -0.4 is 0 Å². The second-order valence-electron chi connectivity index (χ2n) is 4.20. The van der Waals surface area contributed by atoms with E-state index in [9.17, 15) is 4.79 Å². The van der Waals surface area contributed by atoms with Gasteiger partial charge in [-0.2, -0.15) is 0 Å². The molecule has 0 aliphatic heterocycles. The maximum atomic E-state index is 11.7. The quantitative estimate of drug-likeness (QED) is 0.848. The van der Waals surface area contributed by atoms with Crippen molar-refractivity contribution in [1.82, 2.24) is 9.97 Å². The Morgan fingerprint density at radius 2 is 2.41 bits per heavy atom. The van der Waals surface area contributed by atoms with Crippen molar-refractivity contribution in [3.8, 4) is 11.4 Å². The first kappa shape index (κ1) is 10.5. The fraction of sp³-hybridized carbons (Fsp3) is 0.333. The number of H-pyrrole nitrogens is 1. The SMILES string of the molecule is COC(=O)C1(c2nc(-c3ccc[nH]3)cs2)CC1. The number of hydrogen-bond donors (Lipinski definition) is 1. The molecule has 1 aliphatic carbocycles. The van der Waals surface area contributed by atoms with Crippen LogP contribution >= 0.6 is 11.3 Å². The number of aromatic amines is 1. The Kier molecular flexibility index (Phi) is 2.29. The van der Waals surface area contributed by atoms with Crippen LogP contribution in [0.2, 0.25) is 0 Å². The molecule has 2 aromatic heterocycles. The van der Waals surface area contributed by atoms with Crippen molar-refractivity contribution in [2.24, 2.45) is 0 Å². The molecule has 0 bridgehead atoms. The Bertz CT molecular complexity index is 541. The lowest BCUT2D eigenvalue weighted by atomic mass is 10.1. The fourth-order valence-corrected chi connectivity index (χ4v) is 3.00. The van der Waals surface area contributed by atoms with Crippen LogP contribution in [0.25, 0.3) is 11.4 Å². The first-order valence-corrected chi connectivity index (χ1v) is 6.32. The number of nitrogens with one attached hydrogen (secondary N) is 1. The summed E-state index contributed by atoms with van der Waals surface area (Å²) in [6, 6.07) is 3.90. The van der Waals surface area contributed by atoms with Gasteiger partial charge >= 0.3 is 5.97 Å².